The van der Waals surface area contributed by atoms with Crippen LogP contribution in [0.3, 0.4) is 0 Å². The molecule has 1 unspecified atom stereocenters. The Morgan fingerprint density at radius 1 is 1.50 bits per heavy atom. The molecule has 1 aromatic rings. The van der Waals surface area contributed by atoms with Gasteiger partial charge in [0, 0.05) is 23.0 Å². The summed E-state index contributed by atoms with van der Waals surface area (Å²) in [5, 5.41) is 3.05. The smallest absolute Gasteiger partial charge is 0.251 e. The number of nitrogens with two attached hydrogens (primary N) is 1. The molecule has 0 aromatic heterocycles. The van der Waals surface area contributed by atoms with Gasteiger partial charge < -0.3 is 10.7 Å². The first-order chi connectivity index (χ1) is 8.62. The fourth-order valence-corrected chi connectivity index (χ4v) is 2.46. The first-order valence-corrected chi connectivity index (χ1v) is 7.38. The highest BCUT2D eigenvalue weighted by atomic mass is 32.2. The molecule has 0 spiro atoms. The number of thioether (sulfide) groups is 1. The molecule has 0 fully saturated rings. The molecule has 5 heteroatoms. The summed E-state index contributed by atoms with van der Waals surface area (Å²) in [4.78, 5) is 12.1. The number of carbonyl (C=O) groups excluding carboxylic acids is 1. The summed E-state index contributed by atoms with van der Waals surface area (Å²) in [5.41, 5.74) is 5.00. The molecular formula is C13H21N3OS. The van der Waals surface area contributed by atoms with Gasteiger partial charge in [0.1, 0.15) is 0 Å². The van der Waals surface area contributed by atoms with Crippen LogP contribution < -0.4 is 16.6 Å². The first kappa shape index (κ1) is 14.9. The maximum Gasteiger partial charge on any atom is 0.251 e. The van der Waals surface area contributed by atoms with E-state index < -0.39 is 0 Å². The van der Waals surface area contributed by atoms with Crippen LogP contribution in [-0.4, -0.2) is 24.0 Å². The van der Waals surface area contributed by atoms with Crippen molar-refractivity contribution in [3.05, 3.63) is 29.3 Å². The molecular weight excluding hydrogens is 246 g/mol. The molecule has 0 saturated heterocycles. The van der Waals surface area contributed by atoms with E-state index in [-0.39, 0.29) is 11.9 Å². The van der Waals surface area contributed by atoms with E-state index in [1.54, 1.807) is 23.9 Å². The zero-order valence-electron chi connectivity index (χ0n) is 11.1. The van der Waals surface area contributed by atoms with Crippen molar-refractivity contribution >= 4 is 23.4 Å². The second-order valence-electron chi connectivity index (χ2n) is 4.21. The van der Waals surface area contributed by atoms with E-state index in [0.29, 0.717) is 5.56 Å². The minimum Gasteiger partial charge on any atom is -0.348 e. The minimum absolute atomic E-state index is 0.0167. The number of benzene rings is 1. The summed E-state index contributed by atoms with van der Waals surface area (Å²) < 4.78 is 0. The molecule has 0 bridgehead atoms. The normalized spacial score (nSPS) is 12.0. The van der Waals surface area contributed by atoms with Gasteiger partial charge in [0.25, 0.3) is 5.91 Å². The van der Waals surface area contributed by atoms with Crippen molar-refractivity contribution in [1.82, 2.24) is 5.32 Å². The van der Waals surface area contributed by atoms with Gasteiger partial charge in [-0.05, 0) is 43.4 Å². The van der Waals surface area contributed by atoms with Gasteiger partial charge in [-0.25, -0.2) is 0 Å². The molecule has 0 heterocycles. The van der Waals surface area contributed by atoms with Crippen molar-refractivity contribution in [2.24, 2.45) is 5.84 Å². The van der Waals surface area contributed by atoms with Gasteiger partial charge in [-0.1, -0.05) is 6.92 Å². The molecule has 18 heavy (non-hydrogen) atoms. The number of nitrogens with one attached hydrogen (secondary N) is 2. The number of nitrogen functional groups attached to an aromatic ring is 1. The molecule has 0 aliphatic heterocycles. The van der Waals surface area contributed by atoms with Crippen LogP contribution in [0.25, 0.3) is 0 Å². The topological polar surface area (TPSA) is 67.2 Å². The average molecular weight is 267 g/mol. The number of aryl methyl sites for hydroxylation is 1. The van der Waals surface area contributed by atoms with Crippen LogP contribution in [0.4, 0.5) is 5.69 Å². The maximum atomic E-state index is 12.1. The molecule has 1 amide bonds. The van der Waals surface area contributed by atoms with E-state index in [4.69, 9.17) is 5.84 Å². The third-order valence-corrected chi connectivity index (χ3v) is 3.57. The van der Waals surface area contributed by atoms with Gasteiger partial charge >= 0.3 is 0 Å². The Kier molecular flexibility index (Phi) is 6.01. The monoisotopic (exact) mass is 267 g/mol. The third kappa shape index (κ3) is 3.92. The lowest BCUT2D eigenvalue weighted by atomic mass is 10.1. The van der Waals surface area contributed by atoms with Crippen molar-refractivity contribution < 1.29 is 4.79 Å². The highest BCUT2D eigenvalue weighted by molar-refractivity contribution is 7.98. The molecule has 4 nitrogen and oxygen atoms in total. The largest absolute Gasteiger partial charge is 0.348 e. The zero-order chi connectivity index (χ0) is 13.5. The van der Waals surface area contributed by atoms with E-state index in [1.807, 2.05) is 19.2 Å². The molecule has 4 N–H and O–H groups in total. The lowest BCUT2D eigenvalue weighted by Crippen LogP contribution is -2.36. The molecule has 0 aliphatic rings. The van der Waals surface area contributed by atoms with Crippen LogP contribution in [0.2, 0.25) is 0 Å². The third-order valence-electron chi connectivity index (χ3n) is 2.83. The lowest BCUT2D eigenvalue weighted by molar-refractivity contribution is 0.0939. The van der Waals surface area contributed by atoms with E-state index >= 15 is 0 Å². The highest BCUT2D eigenvalue weighted by Gasteiger charge is 2.13. The Morgan fingerprint density at radius 2 is 2.22 bits per heavy atom. The minimum atomic E-state index is -0.0167. The fraction of sp³-hybridized carbons (Fsp3) is 0.462. The van der Waals surface area contributed by atoms with Gasteiger partial charge in [0.15, 0.2) is 0 Å². The standard InChI is InChI=1S/C13H21N3OS/c1-4-10(8-18-3)15-13(17)12-6-5-11(16-14)7-9(12)2/h5-7,10,16H,4,8,14H2,1-3H3,(H,15,17). The molecule has 1 atom stereocenters. The number of hydrogen-bond donors (Lipinski definition) is 3. The SMILES string of the molecule is CCC(CSC)NC(=O)c1ccc(NN)cc1C. The maximum absolute atomic E-state index is 12.1. The Bertz CT molecular complexity index is 409. The molecule has 100 valence electrons. The van der Waals surface area contributed by atoms with Gasteiger partial charge in [-0.2, -0.15) is 11.8 Å². The number of hydrazine groups is 1. The molecule has 0 saturated carbocycles. The van der Waals surface area contributed by atoms with Gasteiger partial charge in [-0.15, -0.1) is 0 Å². The van der Waals surface area contributed by atoms with Crippen LogP contribution in [0, 0.1) is 6.92 Å². The second kappa shape index (κ2) is 7.28. The van der Waals surface area contributed by atoms with Gasteiger partial charge in [-0.3, -0.25) is 10.6 Å². The molecule has 1 rings (SSSR count). The number of amides is 1. The predicted octanol–water partition coefficient (Wildman–Crippen LogP) is 2.15. The van der Waals surface area contributed by atoms with Gasteiger partial charge in [0.05, 0.1) is 0 Å². The van der Waals surface area contributed by atoms with Gasteiger partial charge in [0.2, 0.25) is 0 Å². The Balaban J connectivity index is 2.77. The molecule has 0 radical (unpaired) electrons. The number of anilines is 1. The summed E-state index contributed by atoms with van der Waals surface area (Å²) in [6.45, 7) is 3.99. The number of carbonyl (C=O) groups is 1. The number of rotatable bonds is 6. The van der Waals surface area contributed by atoms with Crippen molar-refractivity contribution in [3.8, 4) is 0 Å². The quantitative estimate of drug-likeness (QED) is 0.546. The molecule has 0 aliphatic carbocycles. The summed E-state index contributed by atoms with van der Waals surface area (Å²) in [6.07, 6.45) is 2.98. The zero-order valence-corrected chi connectivity index (χ0v) is 11.9. The van der Waals surface area contributed by atoms with E-state index in [0.717, 1.165) is 23.4 Å². The van der Waals surface area contributed by atoms with Crippen molar-refractivity contribution in [2.75, 3.05) is 17.4 Å². The van der Waals surface area contributed by atoms with Crippen LogP contribution in [0.1, 0.15) is 29.3 Å². The van der Waals surface area contributed by atoms with Crippen LogP contribution in [0.15, 0.2) is 18.2 Å². The second-order valence-corrected chi connectivity index (χ2v) is 5.12. The number of hydrogen-bond acceptors (Lipinski definition) is 4. The summed E-state index contributed by atoms with van der Waals surface area (Å²) >= 11 is 1.74. The van der Waals surface area contributed by atoms with Crippen LogP contribution >= 0.6 is 11.8 Å². The fourth-order valence-electron chi connectivity index (χ4n) is 1.73. The Hall–Kier alpha value is -1.20. The Morgan fingerprint density at radius 3 is 2.72 bits per heavy atom. The molecule has 1 aromatic carbocycles. The summed E-state index contributed by atoms with van der Waals surface area (Å²) in [7, 11) is 0. The van der Waals surface area contributed by atoms with Crippen molar-refractivity contribution in [3.63, 3.8) is 0 Å². The van der Waals surface area contributed by atoms with E-state index in [9.17, 15) is 4.79 Å². The van der Waals surface area contributed by atoms with Crippen LogP contribution in [-0.2, 0) is 0 Å². The predicted molar refractivity (Wildman–Crippen MR) is 78.9 cm³/mol. The first-order valence-electron chi connectivity index (χ1n) is 5.99. The van der Waals surface area contributed by atoms with Crippen molar-refractivity contribution in [1.29, 1.82) is 0 Å². The summed E-state index contributed by atoms with van der Waals surface area (Å²) in [5.74, 6) is 6.25. The average Bonchev–Trinajstić information content (AvgIpc) is 2.37. The highest BCUT2D eigenvalue weighted by Crippen LogP contribution is 2.14. The van der Waals surface area contributed by atoms with E-state index in [2.05, 4.69) is 17.7 Å². The van der Waals surface area contributed by atoms with E-state index in [1.165, 1.54) is 0 Å². The van der Waals surface area contributed by atoms with Crippen molar-refractivity contribution in [2.45, 2.75) is 26.3 Å². The lowest BCUT2D eigenvalue weighted by Gasteiger charge is -2.17. The van der Waals surface area contributed by atoms with Crippen LogP contribution in [0.5, 0.6) is 0 Å². The Labute approximate surface area is 113 Å². The summed E-state index contributed by atoms with van der Waals surface area (Å²) in [6, 6.07) is 5.69.